The largest absolute Gasteiger partial charge is 0.275 e. The summed E-state index contributed by atoms with van der Waals surface area (Å²) in [5.74, 6) is 0. The first-order chi connectivity index (χ1) is 10.5. The third-order valence-electron chi connectivity index (χ3n) is 3.87. The van der Waals surface area contributed by atoms with Crippen LogP contribution in [0.15, 0.2) is 35.6 Å². The molecule has 1 unspecified atom stereocenters. The lowest BCUT2D eigenvalue weighted by Gasteiger charge is -2.34. The smallest absolute Gasteiger partial charge is 0.246 e. The molecule has 2 aromatic rings. The predicted molar refractivity (Wildman–Crippen MR) is 82.9 cm³/mol. The number of pyridine rings is 1. The van der Waals surface area contributed by atoms with Crippen molar-refractivity contribution in [3.05, 3.63) is 41.4 Å². The normalized spacial score (nSPS) is 20.2. The Balaban J connectivity index is 2.02. The molecule has 6 nitrogen and oxygen atoms in total. The van der Waals surface area contributed by atoms with Crippen molar-refractivity contribution in [2.45, 2.75) is 30.2 Å². The van der Waals surface area contributed by atoms with E-state index in [1.165, 1.54) is 16.6 Å². The second-order valence-electron chi connectivity index (χ2n) is 5.37. The number of sulfonamides is 1. The van der Waals surface area contributed by atoms with Crippen LogP contribution in [0.4, 0.5) is 0 Å². The molecule has 1 aliphatic rings. The quantitative estimate of drug-likeness (QED) is 0.804. The SMILES string of the molecule is Cn1cc(C2CCCCN2S(=O)(=O)c2cccnc2Cl)cn1. The number of hydrogen-bond donors (Lipinski definition) is 0. The van der Waals surface area contributed by atoms with Crippen LogP contribution in [-0.2, 0) is 17.1 Å². The molecule has 0 spiro atoms. The highest BCUT2D eigenvalue weighted by molar-refractivity contribution is 7.89. The zero-order chi connectivity index (χ0) is 15.7. The van der Waals surface area contributed by atoms with Gasteiger partial charge >= 0.3 is 0 Å². The Labute approximate surface area is 134 Å². The van der Waals surface area contributed by atoms with Gasteiger partial charge in [-0.05, 0) is 25.0 Å². The Hall–Kier alpha value is -1.44. The minimum atomic E-state index is -3.68. The van der Waals surface area contributed by atoms with Gasteiger partial charge in [-0.1, -0.05) is 18.0 Å². The molecule has 0 saturated carbocycles. The van der Waals surface area contributed by atoms with Crippen LogP contribution in [0.5, 0.6) is 0 Å². The fraction of sp³-hybridized carbons (Fsp3) is 0.429. The molecule has 0 aromatic carbocycles. The zero-order valence-corrected chi connectivity index (χ0v) is 13.8. The maximum atomic E-state index is 13.0. The maximum absolute atomic E-state index is 13.0. The van der Waals surface area contributed by atoms with Crippen molar-refractivity contribution < 1.29 is 8.42 Å². The van der Waals surface area contributed by atoms with Gasteiger partial charge in [0.15, 0.2) is 0 Å². The first-order valence-corrected chi connectivity index (χ1v) is 8.93. The van der Waals surface area contributed by atoms with E-state index < -0.39 is 10.0 Å². The van der Waals surface area contributed by atoms with E-state index in [0.717, 1.165) is 24.8 Å². The van der Waals surface area contributed by atoms with Gasteiger partial charge < -0.3 is 0 Å². The molecule has 0 amide bonds. The highest BCUT2D eigenvalue weighted by Gasteiger charge is 2.36. The van der Waals surface area contributed by atoms with E-state index in [1.807, 2.05) is 13.2 Å². The van der Waals surface area contributed by atoms with Gasteiger partial charge in [-0.3, -0.25) is 4.68 Å². The average Bonchev–Trinajstić information content (AvgIpc) is 2.94. The Bertz CT molecular complexity index is 775. The third kappa shape index (κ3) is 2.76. The molecule has 2 aromatic heterocycles. The Kier molecular flexibility index (Phi) is 4.20. The van der Waals surface area contributed by atoms with Crippen molar-refractivity contribution in [3.63, 3.8) is 0 Å². The lowest BCUT2D eigenvalue weighted by atomic mass is 10.0. The number of rotatable bonds is 3. The minimum Gasteiger partial charge on any atom is -0.275 e. The summed E-state index contributed by atoms with van der Waals surface area (Å²) in [7, 11) is -1.86. The van der Waals surface area contributed by atoms with E-state index in [9.17, 15) is 8.42 Å². The molecule has 0 aliphatic carbocycles. The lowest BCUT2D eigenvalue weighted by Crippen LogP contribution is -2.38. The second kappa shape index (κ2) is 5.98. The zero-order valence-electron chi connectivity index (χ0n) is 12.2. The molecule has 8 heteroatoms. The van der Waals surface area contributed by atoms with E-state index in [0.29, 0.717) is 6.54 Å². The van der Waals surface area contributed by atoms with Crippen LogP contribution in [0, 0.1) is 0 Å². The van der Waals surface area contributed by atoms with Gasteiger partial charge in [-0.25, -0.2) is 13.4 Å². The van der Waals surface area contributed by atoms with Crippen LogP contribution in [0.3, 0.4) is 0 Å². The summed E-state index contributed by atoms with van der Waals surface area (Å²) in [6.07, 6.45) is 7.69. The Morgan fingerprint density at radius 1 is 1.36 bits per heavy atom. The van der Waals surface area contributed by atoms with Crippen molar-refractivity contribution in [1.29, 1.82) is 0 Å². The van der Waals surface area contributed by atoms with Crippen LogP contribution < -0.4 is 0 Å². The predicted octanol–water partition coefficient (Wildman–Crippen LogP) is 2.38. The molecule has 0 N–H and O–H groups in total. The van der Waals surface area contributed by atoms with E-state index in [1.54, 1.807) is 16.9 Å². The molecular weight excluding hydrogens is 324 g/mol. The number of hydrogen-bond acceptors (Lipinski definition) is 4. The molecule has 0 radical (unpaired) electrons. The molecule has 1 fully saturated rings. The van der Waals surface area contributed by atoms with Crippen LogP contribution in [-0.4, -0.2) is 34.0 Å². The molecule has 0 bridgehead atoms. The standard InChI is InChI=1S/C14H17ClN4O2S/c1-18-10-11(9-17-18)12-5-2-3-8-19(12)22(20,21)13-6-4-7-16-14(13)15/h4,6-7,9-10,12H,2-3,5,8H2,1H3. The van der Waals surface area contributed by atoms with Crippen molar-refractivity contribution in [1.82, 2.24) is 19.1 Å². The molecule has 3 heterocycles. The van der Waals surface area contributed by atoms with E-state index in [4.69, 9.17) is 11.6 Å². The van der Waals surface area contributed by atoms with Gasteiger partial charge in [-0.15, -0.1) is 0 Å². The Morgan fingerprint density at radius 3 is 2.86 bits per heavy atom. The summed E-state index contributed by atoms with van der Waals surface area (Å²) in [6, 6.07) is 2.88. The Morgan fingerprint density at radius 2 is 2.18 bits per heavy atom. The number of piperidine rings is 1. The van der Waals surface area contributed by atoms with Crippen molar-refractivity contribution in [2.75, 3.05) is 6.54 Å². The summed E-state index contributed by atoms with van der Waals surface area (Å²) in [5.41, 5.74) is 0.908. The molecule has 3 rings (SSSR count). The number of nitrogens with zero attached hydrogens (tertiary/aromatic N) is 4. The van der Waals surface area contributed by atoms with Gasteiger partial charge in [0.05, 0.1) is 12.2 Å². The first kappa shape index (κ1) is 15.5. The fourth-order valence-corrected chi connectivity index (χ4v) is 4.94. The monoisotopic (exact) mass is 340 g/mol. The summed E-state index contributed by atoms with van der Waals surface area (Å²) in [5, 5.41) is 4.17. The van der Waals surface area contributed by atoms with Gasteiger partial charge in [0.25, 0.3) is 0 Å². The van der Waals surface area contributed by atoms with Crippen LogP contribution >= 0.6 is 11.6 Å². The highest BCUT2D eigenvalue weighted by Crippen LogP contribution is 2.36. The van der Waals surface area contributed by atoms with Crippen molar-refractivity contribution in [3.8, 4) is 0 Å². The summed E-state index contributed by atoms with van der Waals surface area (Å²) in [4.78, 5) is 3.95. The fourth-order valence-electron chi connectivity index (χ4n) is 2.83. The summed E-state index contributed by atoms with van der Waals surface area (Å²) in [6.45, 7) is 0.479. The minimum absolute atomic E-state index is 0.0120. The molecule has 1 saturated heterocycles. The van der Waals surface area contributed by atoms with E-state index in [-0.39, 0.29) is 16.1 Å². The molecule has 22 heavy (non-hydrogen) atoms. The molecule has 1 aliphatic heterocycles. The van der Waals surface area contributed by atoms with Crippen molar-refractivity contribution in [2.24, 2.45) is 7.05 Å². The second-order valence-corrected chi connectivity index (χ2v) is 7.58. The van der Waals surface area contributed by atoms with Crippen LogP contribution in [0.1, 0.15) is 30.9 Å². The molecule has 1 atom stereocenters. The highest BCUT2D eigenvalue weighted by atomic mass is 35.5. The van der Waals surface area contributed by atoms with E-state index >= 15 is 0 Å². The van der Waals surface area contributed by atoms with Gasteiger partial charge in [0, 0.05) is 31.5 Å². The average molecular weight is 341 g/mol. The van der Waals surface area contributed by atoms with Crippen LogP contribution in [0.25, 0.3) is 0 Å². The van der Waals surface area contributed by atoms with Crippen molar-refractivity contribution >= 4 is 21.6 Å². The molecular formula is C14H17ClN4O2S. The maximum Gasteiger partial charge on any atom is 0.246 e. The first-order valence-electron chi connectivity index (χ1n) is 7.11. The number of aryl methyl sites for hydroxylation is 1. The number of aromatic nitrogens is 3. The summed E-state index contributed by atoms with van der Waals surface area (Å²) < 4.78 is 29.2. The van der Waals surface area contributed by atoms with Gasteiger partial charge in [-0.2, -0.15) is 9.40 Å². The third-order valence-corrected chi connectivity index (χ3v) is 6.23. The number of halogens is 1. The molecule has 118 valence electrons. The summed E-state index contributed by atoms with van der Waals surface area (Å²) >= 11 is 5.99. The lowest BCUT2D eigenvalue weighted by molar-refractivity contribution is 0.256. The van der Waals surface area contributed by atoms with Crippen LogP contribution in [0.2, 0.25) is 5.15 Å². The van der Waals surface area contributed by atoms with E-state index in [2.05, 4.69) is 10.1 Å². The topological polar surface area (TPSA) is 68.1 Å². The van der Waals surface area contributed by atoms with Gasteiger partial charge in [0.1, 0.15) is 10.0 Å². The van der Waals surface area contributed by atoms with Gasteiger partial charge in [0.2, 0.25) is 10.0 Å².